The van der Waals surface area contributed by atoms with Crippen molar-refractivity contribution in [1.29, 1.82) is 0 Å². The lowest BCUT2D eigenvalue weighted by molar-refractivity contribution is -0.137. The average molecular weight is 284 g/mol. The van der Waals surface area contributed by atoms with Gasteiger partial charge >= 0.3 is 12.0 Å². The Morgan fingerprint density at radius 2 is 1.95 bits per heavy atom. The smallest absolute Gasteiger partial charge is 0.317 e. The van der Waals surface area contributed by atoms with Crippen molar-refractivity contribution in [2.45, 2.75) is 71.4 Å². The lowest BCUT2D eigenvalue weighted by Crippen LogP contribution is -2.50. The Balaban J connectivity index is 2.48. The molecule has 0 aliphatic heterocycles. The van der Waals surface area contributed by atoms with E-state index in [0.29, 0.717) is 18.9 Å². The van der Waals surface area contributed by atoms with Gasteiger partial charge in [-0.25, -0.2) is 4.79 Å². The Morgan fingerprint density at radius 3 is 2.50 bits per heavy atom. The molecule has 0 saturated heterocycles. The minimum Gasteiger partial charge on any atom is -0.481 e. The van der Waals surface area contributed by atoms with Crippen LogP contribution in [-0.4, -0.2) is 40.6 Å². The first-order chi connectivity index (χ1) is 9.41. The number of carboxylic acids is 1. The molecule has 0 aromatic heterocycles. The molecule has 5 heteroatoms. The summed E-state index contributed by atoms with van der Waals surface area (Å²) in [6.07, 6.45) is 5.26. The molecule has 0 aromatic carbocycles. The first-order valence-corrected chi connectivity index (χ1v) is 7.70. The van der Waals surface area contributed by atoms with E-state index in [4.69, 9.17) is 5.11 Å². The molecule has 2 N–H and O–H groups in total. The van der Waals surface area contributed by atoms with E-state index in [1.807, 2.05) is 13.8 Å². The summed E-state index contributed by atoms with van der Waals surface area (Å²) >= 11 is 0. The Kier molecular flexibility index (Phi) is 6.82. The van der Waals surface area contributed by atoms with Gasteiger partial charge in [0.1, 0.15) is 0 Å². The van der Waals surface area contributed by atoms with Gasteiger partial charge in [-0.1, -0.05) is 19.8 Å². The average Bonchev–Trinajstić information content (AvgIpc) is 2.36. The van der Waals surface area contributed by atoms with Gasteiger partial charge in [0.25, 0.3) is 0 Å². The van der Waals surface area contributed by atoms with E-state index in [0.717, 1.165) is 6.42 Å². The van der Waals surface area contributed by atoms with Crippen LogP contribution in [-0.2, 0) is 4.79 Å². The number of amides is 2. The summed E-state index contributed by atoms with van der Waals surface area (Å²) in [5.74, 6) is -0.282. The second-order valence-corrected chi connectivity index (χ2v) is 6.10. The van der Waals surface area contributed by atoms with Crippen LogP contribution in [0.1, 0.15) is 59.3 Å². The topological polar surface area (TPSA) is 69.6 Å². The van der Waals surface area contributed by atoms with E-state index in [1.54, 1.807) is 4.90 Å². The number of carboxylic acid groups (broad SMARTS) is 1. The lowest BCUT2D eigenvalue weighted by Gasteiger charge is -2.33. The number of aliphatic carboxylic acids is 1. The van der Waals surface area contributed by atoms with Gasteiger partial charge in [-0.15, -0.1) is 0 Å². The lowest BCUT2D eigenvalue weighted by atomic mass is 9.86. The minimum absolute atomic E-state index is 0.0517. The summed E-state index contributed by atoms with van der Waals surface area (Å²) in [6, 6.07) is 0.295. The molecule has 2 unspecified atom stereocenters. The molecule has 1 aliphatic carbocycles. The Morgan fingerprint density at radius 1 is 1.30 bits per heavy atom. The highest BCUT2D eigenvalue weighted by molar-refractivity contribution is 5.75. The third kappa shape index (κ3) is 5.39. The number of hydrogen-bond acceptors (Lipinski definition) is 2. The normalized spacial score (nSPS) is 22.6. The number of nitrogens with zero attached hydrogens (tertiary/aromatic N) is 1. The first kappa shape index (κ1) is 16.8. The highest BCUT2D eigenvalue weighted by atomic mass is 16.4. The van der Waals surface area contributed by atoms with Crippen molar-refractivity contribution in [2.24, 2.45) is 5.92 Å². The van der Waals surface area contributed by atoms with Gasteiger partial charge in [-0.3, -0.25) is 4.79 Å². The summed E-state index contributed by atoms with van der Waals surface area (Å²) in [5.41, 5.74) is 0. The van der Waals surface area contributed by atoms with E-state index < -0.39 is 5.97 Å². The number of rotatable bonds is 6. The minimum atomic E-state index is -0.810. The molecular weight excluding hydrogens is 256 g/mol. The van der Waals surface area contributed by atoms with Crippen molar-refractivity contribution < 1.29 is 14.7 Å². The van der Waals surface area contributed by atoms with Crippen LogP contribution >= 0.6 is 0 Å². The van der Waals surface area contributed by atoms with Crippen molar-refractivity contribution in [3.63, 3.8) is 0 Å². The number of hydrogen-bond donors (Lipinski definition) is 2. The maximum Gasteiger partial charge on any atom is 0.317 e. The molecule has 1 saturated carbocycles. The summed E-state index contributed by atoms with van der Waals surface area (Å²) in [5, 5.41) is 11.8. The Bertz CT molecular complexity index is 331. The molecule has 1 aliphatic rings. The molecule has 5 nitrogen and oxygen atoms in total. The number of carbonyl (C=O) groups is 2. The van der Waals surface area contributed by atoms with E-state index in [2.05, 4.69) is 12.2 Å². The van der Waals surface area contributed by atoms with Crippen LogP contribution in [0.3, 0.4) is 0 Å². The molecule has 0 radical (unpaired) electrons. The van der Waals surface area contributed by atoms with Crippen molar-refractivity contribution >= 4 is 12.0 Å². The zero-order valence-electron chi connectivity index (χ0n) is 12.9. The molecule has 0 aromatic rings. The van der Waals surface area contributed by atoms with Gasteiger partial charge in [0.05, 0.1) is 0 Å². The summed E-state index contributed by atoms with van der Waals surface area (Å²) in [6.45, 7) is 6.61. The Hall–Kier alpha value is -1.26. The van der Waals surface area contributed by atoms with E-state index >= 15 is 0 Å². The van der Waals surface area contributed by atoms with Crippen LogP contribution in [0, 0.1) is 5.92 Å². The highest BCUT2D eigenvalue weighted by Gasteiger charge is 2.25. The van der Waals surface area contributed by atoms with E-state index in [1.165, 1.54) is 19.3 Å². The molecule has 2 atom stereocenters. The van der Waals surface area contributed by atoms with Gasteiger partial charge in [0.15, 0.2) is 0 Å². The van der Waals surface area contributed by atoms with Crippen molar-refractivity contribution in [3.8, 4) is 0 Å². The van der Waals surface area contributed by atoms with Gasteiger partial charge in [-0.2, -0.15) is 0 Å². The van der Waals surface area contributed by atoms with Crippen LogP contribution in [0.2, 0.25) is 0 Å². The van der Waals surface area contributed by atoms with Crippen molar-refractivity contribution in [1.82, 2.24) is 10.2 Å². The molecule has 2 amide bonds. The van der Waals surface area contributed by atoms with Gasteiger partial charge < -0.3 is 15.3 Å². The predicted molar refractivity (Wildman–Crippen MR) is 78.7 cm³/mol. The van der Waals surface area contributed by atoms with Crippen LogP contribution in [0.25, 0.3) is 0 Å². The largest absolute Gasteiger partial charge is 0.481 e. The third-order valence-electron chi connectivity index (χ3n) is 4.09. The predicted octanol–water partition coefficient (Wildman–Crippen LogP) is 2.85. The molecule has 1 fully saturated rings. The van der Waals surface area contributed by atoms with Gasteiger partial charge in [0.2, 0.25) is 0 Å². The summed E-state index contributed by atoms with van der Waals surface area (Å²) in [7, 11) is 0. The fraction of sp³-hybridized carbons (Fsp3) is 0.867. The maximum absolute atomic E-state index is 12.3. The molecule has 0 heterocycles. The van der Waals surface area contributed by atoms with Gasteiger partial charge in [-0.05, 0) is 39.0 Å². The highest BCUT2D eigenvalue weighted by Crippen LogP contribution is 2.24. The molecule has 20 heavy (non-hydrogen) atoms. The Labute approximate surface area is 121 Å². The van der Waals surface area contributed by atoms with Crippen molar-refractivity contribution in [2.75, 3.05) is 6.54 Å². The van der Waals surface area contributed by atoms with E-state index in [9.17, 15) is 9.59 Å². The quantitative estimate of drug-likeness (QED) is 0.788. The fourth-order valence-electron chi connectivity index (χ4n) is 2.77. The monoisotopic (exact) mass is 284 g/mol. The number of nitrogens with one attached hydrogen (secondary N) is 1. The molecule has 0 spiro atoms. The molecule has 0 bridgehead atoms. The number of urea groups is 1. The first-order valence-electron chi connectivity index (χ1n) is 7.70. The molecular formula is C15H28N2O3. The van der Waals surface area contributed by atoms with Gasteiger partial charge in [0, 0.05) is 25.0 Å². The van der Waals surface area contributed by atoms with Crippen LogP contribution < -0.4 is 5.32 Å². The van der Waals surface area contributed by atoms with Crippen LogP contribution in [0.15, 0.2) is 0 Å². The molecule has 1 rings (SSSR count). The standard InChI is InChI=1S/C15H28N2O3/c1-11(2)17(10-6-9-14(18)19)15(20)16-13-8-5-4-7-12(13)3/h11-13H,4-10H2,1-3H3,(H,16,20)(H,18,19). The summed E-state index contributed by atoms with van der Waals surface area (Å²) in [4.78, 5) is 24.6. The van der Waals surface area contributed by atoms with Crippen LogP contribution in [0.4, 0.5) is 4.79 Å². The van der Waals surface area contributed by atoms with E-state index in [-0.39, 0.29) is 24.5 Å². The fourth-order valence-corrected chi connectivity index (χ4v) is 2.77. The number of carbonyl (C=O) groups excluding carboxylic acids is 1. The maximum atomic E-state index is 12.3. The second kappa shape index (κ2) is 8.12. The SMILES string of the molecule is CC1CCCCC1NC(=O)N(CCCC(=O)O)C(C)C. The second-order valence-electron chi connectivity index (χ2n) is 6.10. The third-order valence-corrected chi connectivity index (χ3v) is 4.09. The zero-order valence-corrected chi connectivity index (χ0v) is 12.9. The zero-order chi connectivity index (χ0) is 15.1. The summed E-state index contributed by atoms with van der Waals surface area (Å²) < 4.78 is 0. The van der Waals surface area contributed by atoms with Crippen molar-refractivity contribution in [3.05, 3.63) is 0 Å². The molecule has 116 valence electrons. The van der Waals surface area contributed by atoms with Crippen LogP contribution in [0.5, 0.6) is 0 Å².